The summed E-state index contributed by atoms with van der Waals surface area (Å²) in [5, 5.41) is 2.72. The number of benzene rings is 2. The Morgan fingerprint density at radius 2 is 1.73 bits per heavy atom. The molecule has 0 fully saturated rings. The van der Waals surface area contributed by atoms with Crippen molar-refractivity contribution in [3.05, 3.63) is 60.2 Å². The molecule has 0 bridgehead atoms. The van der Waals surface area contributed by atoms with Crippen LogP contribution in [0.2, 0.25) is 0 Å². The number of nitrogens with zero attached hydrogens (tertiary/aromatic N) is 1. The molecule has 0 aliphatic rings. The van der Waals surface area contributed by atoms with E-state index >= 15 is 0 Å². The van der Waals surface area contributed by atoms with Crippen LogP contribution >= 0.6 is 0 Å². The Bertz CT molecular complexity index is 820. The van der Waals surface area contributed by atoms with Gasteiger partial charge < -0.3 is 10.1 Å². The lowest BCUT2D eigenvalue weighted by Gasteiger charge is -2.28. The fourth-order valence-corrected chi connectivity index (χ4v) is 3.68. The topological polar surface area (TPSA) is 75.7 Å². The van der Waals surface area contributed by atoms with E-state index in [0.717, 1.165) is 21.9 Å². The van der Waals surface area contributed by atoms with Crippen molar-refractivity contribution < 1.29 is 17.9 Å². The number of amides is 1. The van der Waals surface area contributed by atoms with E-state index in [2.05, 4.69) is 5.32 Å². The van der Waals surface area contributed by atoms with Crippen LogP contribution in [0.3, 0.4) is 0 Å². The number of hydrogen-bond acceptors (Lipinski definition) is 4. The predicted octanol–water partition coefficient (Wildman–Crippen LogP) is 2.34. The largest absolute Gasteiger partial charge is 0.492 e. The van der Waals surface area contributed by atoms with Crippen LogP contribution in [0, 0.1) is 6.92 Å². The van der Waals surface area contributed by atoms with Gasteiger partial charge in [-0.2, -0.15) is 0 Å². The molecule has 6 nitrogen and oxygen atoms in total. The quantitative estimate of drug-likeness (QED) is 0.718. The van der Waals surface area contributed by atoms with E-state index in [0.29, 0.717) is 12.3 Å². The zero-order valence-electron chi connectivity index (χ0n) is 15.2. The van der Waals surface area contributed by atoms with Gasteiger partial charge >= 0.3 is 0 Å². The highest BCUT2D eigenvalue weighted by Crippen LogP contribution is 2.20. The van der Waals surface area contributed by atoms with E-state index in [-0.39, 0.29) is 12.5 Å². The first-order valence-electron chi connectivity index (χ1n) is 8.30. The smallest absolute Gasteiger partial charge is 0.243 e. The Balaban J connectivity index is 1.93. The maximum absolute atomic E-state index is 12.4. The Kier molecular flexibility index (Phi) is 6.63. The minimum absolute atomic E-state index is 0.281. The van der Waals surface area contributed by atoms with E-state index in [9.17, 15) is 13.2 Å². The van der Waals surface area contributed by atoms with Gasteiger partial charge in [-0.3, -0.25) is 9.10 Å². The van der Waals surface area contributed by atoms with E-state index in [1.54, 1.807) is 37.3 Å². The zero-order chi connectivity index (χ0) is 19.2. The number of aryl methyl sites for hydroxylation is 1. The van der Waals surface area contributed by atoms with Crippen molar-refractivity contribution >= 4 is 21.6 Å². The molecular formula is C19H24N2O4S. The molecule has 1 amide bonds. The van der Waals surface area contributed by atoms with Gasteiger partial charge in [-0.1, -0.05) is 35.9 Å². The highest BCUT2D eigenvalue weighted by Gasteiger charge is 2.28. The van der Waals surface area contributed by atoms with Crippen LogP contribution in [0.15, 0.2) is 54.6 Å². The highest BCUT2D eigenvalue weighted by atomic mass is 32.2. The maximum atomic E-state index is 12.4. The molecule has 2 aromatic rings. The number of carbonyl (C=O) groups excluding carboxylic acids is 1. The molecule has 0 aliphatic heterocycles. The molecule has 0 saturated heterocycles. The van der Waals surface area contributed by atoms with E-state index < -0.39 is 16.1 Å². The van der Waals surface area contributed by atoms with Crippen molar-refractivity contribution in [2.45, 2.75) is 19.9 Å². The second kappa shape index (κ2) is 8.71. The zero-order valence-corrected chi connectivity index (χ0v) is 16.0. The molecule has 1 unspecified atom stereocenters. The molecule has 0 saturated carbocycles. The van der Waals surface area contributed by atoms with Crippen LogP contribution in [0.1, 0.15) is 12.5 Å². The van der Waals surface area contributed by atoms with Crippen molar-refractivity contribution in [1.82, 2.24) is 5.32 Å². The molecule has 2 rings (SSSR count). The first-order valence-corrected chi connectivity index (χ1v) is 10.2. The van der Waals surface area contributed by atoms with Crippen molar-refractivity contribution in [3.63, 3.8) is 0 Å². The Morgan fingerprint density at radius 1 is 1.12 bits per heavy atom. The molecule has 1 N–H and O–H groups in total. The molecular weight excluding hydrogens is 352 g/mol. The van der Waals surface area contributed by atoms with E-state index in [1.165, 1.54) is 0 Å². The summed E-state index contributed by atoms with van der Waals surface area (Å²) in [6.07, 6.45) is 1.09. The molecule has 0 radical (unpaired) electrons. The van der Waals surface area contributed by atoms with Crippen molar-refractivity contribution in [3.8, 4) is 5.75 Å². The van der Waals surface area contributed by atoms with Gasteiger partial charge in [0.2, 0.25) is 15.9 Å². The number of para-hydroxylation sites is 1. The van der Waals surface area contributed by atoms with Crippen LogP contribution in [0.4, 0.5) is 5.69 Å². The lowest BCUT2D eigenvalue weighted by atomic mass is 10.2. The minimum Gasteiger partial charge on any atom is -0.492 e. The molecule has 1 atom stereocenters. The van der Waals surface area contributed by atoms with Gasteiger partial charge in [-0.25, -0.2) is 8.42 Å². The van der Waals surface area contributed by atoms with Gasteiger partial charge in [0, 0.05) is 0 Å². The second-order valence-electron chi connectivity index (χ2n) is 6.02. The summed E-state index contributed by atoms with van der Waals surface area (Å²) in [4.78, 5) is 12.4. The number of sulfonamides is 1. The van der Waals surface area contributed by atoms with Crippen LogP contribution < -0.4 is 14.4 Å². The normalized spacial score (nSPS) is 12.3. The first-order chi connectivity index (χ1) is 12.3. The van der Waals surface area contributed by atoms with E-state index in [4.69, 9.17) is 4.74 Å². The first kappa shape index (κ1) is 19.8. The average Bonchev–Trinajstić information content (AvgIpc) is 2.60. The summed E-state index contributed by atoms with van der Waals surface area (Å²) in [5.41, 5.74) is 1.59. The lowest BCUT2D eigenvalue weighted by Crippen LogP contribution is -2.48. The average molecular weight is 376 g/mol. The summed E-state index contributed by atoms with van der Waals surface area (Å²) in [5.74, 6) is 0.340. The number of rotatable bonds is 8. The van der Waals surface area contributed by atoms with Crippen LogP contribution in [-0.2, 0) is 14.8 Å². The van der Waals surface area contributed by atoms with Crippen LogP contribution in [0.5, 0.6) is 5.75 Å². The number of anilines is 1. The van der Waals surface area contributed by atoms with Crippen LogP contribution in [0.25, 0.3) is 0 Å². The standard InChI is InChI=1S/C19H24N2O4S/c1-15-9-11-18(12-10-15)25-14-13-20-19(22)16(2)21(26(3,23)24)17-7-5-4-6-8-17/h4-12,16H,13-14H2,1-3H3,(H,20,22). The summed E-state index contributed by atoms with van der Waals surface area (Å²) in [7, 11) is -3.60. The van der Waals surface area contributed by atoms with Gasteiger partial charge in [-0.15, -0.1) is 0 Å². The fraction of sp³-hybridized carbons (Fsp3) is 0.316. The third-order valence-corrected chi connectivity index (χ3v) is 5.03. The molecule has 2 aromatic carbocycles. The molecule has 26 heavy (non-hydrogen) atoms. The molecule has 140 valence electrons. The van der Waals surface area contributed by atoms with Gasteiger partial charge in [0.15, 0.2) is 0 Å². The summed E-state index contributed by atoms with van der Waals surface area (Å²) < 4.78 is 31.0. The monoisotopic (exact) mass is 376 g/mol. The Morgan fingerprint density at radius 3 is 2.31 bits per heavy atom. The van der Waals surface area contributed by atoms with E-state index in [1.807, 2.05) is 31.2 Å². The summed E-state index contributed by atoms with van der Waals surface area (Å²) in [6.45, 7) is 4.13. The second-order valence-corrected chi connectivity index (χ2v) is 7.88. The highest BCUT2D eigenvalue weighted by molar-refractivity contribution is 7.92. The number of ether oxygens (including phenoxy) is 1. The van der Waals surface area contributed by atoms with Gasteiger partial charge in [0.25, 0.3) is 0 Å². The van der Waals surface area contributed by atoms with Gasteiger partial charge in [-0.05, 0) is 38.1 Å². The maximum Gasteiger partial charge on any atom is 0.243 e. The number of nitrogens with one attached hydrogen (secondary N) is 1. The molecule has 0 spiro atoms. The minimum atomic E-state index is -3.60. The van der Waals surface area contributed by atoms with Crippen LogP contribution in [-0.4, -0.2) is 39.8 Å². The van der Waals surface area contributed by atoms with Gasteiger partial charge in [0.1, 0.15) is 18.4 Å². The Labute approximate surface area is 154 Å². The third-order valence-electron chi connectivity index (χ3n) is 3.79. The molecule has 0 aliphatic carbocycles. The molecule has 0 aromatic heterocycles. The van der Waals surface area contributed by atoms with Gasteiger partial charge in [0.05, 0.1) is 18.5 Å². The Hall–Kier alpha value is -2.54. The number of hydrogen-bond donors (Lipinski definition) is 1. The molecule has 7 heteroatoms. The van der Waals surface area contributed by atoms with Crippen molar-refractivity contribution in [2.75, 3.05) is 23.7 Å². The number of carbonyl (C=O) groups is 1. The SMILES string of the molecule is Cc1ccc(OCCNC(=O)C(C)N(c2ccccc2)S(C)(=O)=O)cc1. The summed E-state index contributed by atoms with van der Waals surface area (Å²) >= 11 is 0. The fourth-order valence-electron chi connectivity index (χ4n) is 2.51. The third kappa shape index (κ3) is 5.49. The molecule has 0 heterocycles. The lowest BCUT2D eigenvalue weighted by molar-refractivity contribution is -0.121. The van der Waals surface area contributed by atoms with Crippen molar-refractivity contribution in [1.29, 1.82) is 0 Å². The predicted molar refractivity (Wildman–Crippen MR) is 103 cm³/mol. The summed E-state index contributed by atoms with van der Waals surface area (Å²) in [6, 6.07) is 15.3. The van der Waals surface area contributed by atoms with Crippen molar-refractivity contribution in [2.24, 2.45) is 0 Å².